The van der Waals surface area contributed by atoms with Crippen molar-refractivity contribution < 1.29 is 0 Å². The average Bonchev–Trinajstić information content (AvgIpc) is 2.41. The fourth-order valence-electron chi connectivity index (χ4n) is 2.29. The Hall–Kier alpha value is 0.270. The van der Waals surface area contributed by atoms with Crippen LogP contribution in [0.4, 0.5) is 0 Å². The zero-order valence-corrected chi connectivity index (χ0v) is 12.0. The Labute approximate surface area is 105 Å². The van der Waals surface area contributed by atoms with Crippen LogP contribution in [0.25, 0.3) is 0 Å². The fourth-order valence-corrected chi connectivity index (χ4v) is 3.40. The van der Waals surface area contributed by atoms with Crippen molar-refractivity contribution >= 4 is 11.8 Å². The number of hydrogen-bond donors (Lipinski definition) is 1. The van der Waals surface area contributed by atoms with Gasteiger partial charge < -0.3 is 5.73 Å². The summed E-state index contributed by atoms with van der Waals surface area (Å²) in [6.07, 6.45) is 5.16. The van der Waals surface area contributed by atoms with Crippen LogP contribution in [-0.2, 0) is 0 Å². The molecule has 0 amide bonds. The highest BCUT2D eigenvalue weighted by Gasteiger charge is 2.26. The molecule has 0 radical (unpaired) electrons. The lowest BCUT2D eigenvalue weighted by molar-refractivity contribution is 0.196. The Morgan fingerprint density at radius 2 is 2.12 bits per heavy atom. The van der Waals surface area contributed by atoms with Gasteiger partial charge in [0.25, 0.3) is 0 Å². The van der Waals surface area contributed by atoms with E-state index in [0.29, 0.717) is 10.8 Å². The van der Waals surface area contributed by atoms with Crippen molar-refractivity contribution in [1.82, 2.24) is 4.90 Å². The monoisotopic (exact) mass is 244 g/mol. The lowest BCUT2D eigenvalue weighted by Crippen LogP contribution is -2.42. The zero-order valence-electron chi connectivity index (χ0n) is 11.2. The smallest absolute Gasteiger partial charge is 0.0218 e. The molecule has 2 nitrogen and oxygen atoms in total. The average molecular weight is 244 g/mol. The van der Waals surface area contributed by atoms with Gasteiger partial charge in [-0.15, -0.1) is 0 Å². The van der Waals surface area contributed by atoms with Gasteiger partial charge in [0.2, 0.25) is 0 Å². The number of nitrogens with two attached hydrogens (primary N) is 1. The normalized spacial score (nSPS) is 24.0. The second-order valence-corrected chi connectivity index (χ2v) is 7.23. The van der Waals surface area contributed by atoms with Crippen LogP contribution < -0.4 is 5.73 Å². The zero-order chi connectivity index (χ0) is 12.0. The predicted molar refractivity (Wildman–Crippen MR) is 75.1 cm³/mol. The van der Waals surface area contributed by atoms with Gasteiger partial charge in [0.05, 0.1) is 0 Å². The van der Waals surface area contributed by atoms with Crippen LogP contribution in [0.5, 0.6) is 0 Å². The summed E-state index contributed by atoms with van der Waals surface area (Å²) in [5.41, 5.74) is 5.91. The first-order chi connectivity index (χ1) is 7.59. The third-order valence-electron chi connectivity index (χ3n) is 3.55. The van der Waals surface area contributed by atoms with E-state index >= 15 is 0 Å². The summed E-state index contributed by atoms with van der Waals surface area (Å²) in [7, 11) is 0. The molecular weight excluding hydrogens is 216 g/mol. The van der Waals surface area contributed by atoms with Gasteiger partial charge in [0, 0.05) is 29.6 Å². The SMILES string of the molecule is CCCCC(CN)N1CCSC(C)(C)CC1. The first kappa shape index (κ1) is 14.3. The number of hydrogen-bond acceptors (Lipinski definition) is 3. The molecule has 3 heteroatoms. The van der Waals surface area contributed by atoms with Gasteiger partial charge in [0.1, 0.15) is 0 Å². The molecule has 0 aromatic rings. The molecule has 0 bridgehead atoms. The molecule has 96 valence electrons. The lowest BCUT2D eigenvalue weighted by Gasteiger charge is -2.30. The molecule has 1 rings (SSSR count). The van der Waals surface area contributed by atoms with Gasteiger partial charge in [-0.1, -0.05) is 33.6 Å². The fraction of sp³-hybridized carbons (Fsp3) is 1.00. The van der Waals surface area contributed by atoms with Crippen molar-refractivity contribution in [3.05, 3.63) is 0 Å². The van der Waals surface area contributed by atoms with Crippen LogP contribution in [0.3, 0.4) is 0 Å². The van der Waals surface area contributed by atoms with Crippen molar-refractivity contribution in [2.24, 2.45) is 5.73 Å². The van der Waals surface area contributed by atoms with Gasteiger partial charge in [-0.2, -0.15) is 11.8 Å². The summed E-state index contributed by atoms with van der Waals surface area (Å²) in [4.78, 5) is 2.62. The Balaban J connectivity index is 2.44. The molecular formula is C13H28N2S. The molecule has 1 heterocycles. The van der Waals surface area contributed by atoms with E-state index in [2.05, 4.69) is 37.4 Å². The molecule has 2 N–H and O–H groups in total. The molecule has 1 atom stereocenters. The molecule has 16 heavy (non-hydrogen) atoms. The van der Waals surface area contributed by atoms with E-state index in [4.69, 9.17) is 5.73 Å². The number of nitrogens with zero attached hydrogens (tertiary/aromatic N) is 1. The van der Waals surface area contributed by atoms with E-state index in [1.165, 1.54) is 44.5 Å². The van der Waals surface area contributed by atoms with Crippen molar-refractivity contribution in [2.75, 3.05) is 25.4 Å². The van der Waals surface area contributed by atoms with E-state index in [0.717, 1.165) is 6.54 Å². The van der Waals surface area contributed by atoms with Crippen molar-refractivity contribution in [3.8, 4) is 0 Å². The number of unbranched alkanes of at least 4 members (excludes halogenated alkanes) is 1. The molecule has 0 aromatic heterocycles. The molecule has 1 saturated heterocycles. The van der Waals surface area contributed by atoms with Crippen LogP contribution in [0, 0.1) is 0 Å². The Kier molecular flexibility index (Phi) is 6.16. The van der Waals surface area contributed by atoms with Crippen LogP contribution in [0.1, 0.15) is 46.5 Å². The molecule has 0 aromatic carbocycles. The molecule has 1 unspecified atom stereocenters. The third kappa shape index (κ3) is 4.64. The van der Waals surface area contributed by atoms with E-state index in [9.17, 15) is 0 Å². The quantitative estimate of drug-likeness (QED) is 0.806. The number of rotatable bonds is 5. The minimum absolute atomic E-state index is 0.457. The first-order valence-electron chi connectivity index (χ1n) is 6.67. The highest BCUT2D eigenvalue weighted by Crippen LogP contribution is 2.31. The van der Waals surface area contributed by atoms with Crippen molar-refractivity contribution in [3.63, 3.8) is 0 Å². The molecule has 0 saturated carbocycles. The Morgan fingerprint density at radius 3 is 2.75 bits per heavy atom. The molecule has 0 spiro atoms. The van der Waals surface area contributed by atoms with Crippen LogP contribution in [-0.4, -0.2) is 41.1 Å². The summed E-state index contributed by atoms with van der Waals surface area (Å²) >= 11 is 2.11. The standard InChI is InChI=1S/C13H28N2S/c1-4-5-6-12(11-14)15-8-7-13(2,3)16-10-9-15/h12H,4-11,14H2,1-3H3. The maximum absolute atomic E-state index is 5.91. The van der Waals surface area contributed by atoms with E-state index in [1.807, 2.05) is 0 Å². The van der Waals surface area contributed by atoms with E-state index in [1.54, 1.807) is 0 Å². The summed E-state index contributed by atoms with van der Waals surface area (Å²) in [6, 6.07) is 0.620. The summed E-state index contributed by atoms with van der Waals surface area (Å²) in [5, 5.41) is 0. The first-order valence-corrected chi connectivity index (χ1v) is 7.65. The number of thioether (sulfide) groups is 1. The highest BCUT2D eigenvalue weighted by molar-refractivity contribution is 8.00. The Bertz CT molecular complexity index is 194. The molecule has 1 fully saturated rings. The second kappa shape index (κ2) is 6.87. The van der Waals surface area contributed by atoms with Crippen LogP contribution in [0.2, 0.25) is 0 Å². The largest absolute Gasteiger partial charge is 0.329 e. The lowest BCUT2D eigenvalue weighted by atomic mass is 10.1. The summed E-state index contributed by atoms with van der Waals surface area (Å²) in [5.74, 6) is 1.26. The van der Waals surface area contributed by atoms with Gasteiger partial charge in [0.15, 0.2) is 0 Å². The topological polar surface area (TPSA) is 29.3 Å². The second-order valence-electron chi connectivity index (χ2n) is 5.43. The highest BCUT2D eigenvalue weighted by atomic mass is 32.2. The maximum atomic E-state index is 5.91. The molecule has 1 aliphatic rings. The maximum Gasteiger partial charge on any atom is 0.0218 e. The van der Waals surface area contributed by atoms with Gasteiger partial charge in [-0.25, -0.2) is 0 Å². The van der Waals surface area contributed by atoms with E-state index in [-0.39, 0.29) is 0 Å². The third-order valence-corrected chi connectivity index (χ3v) is 4.92. The predicted octanol–water partition coefficient (Wildman–Crippen LogP) is 2.72. The van der Waals surface area contributed by atoms with Gasteiger partial charge in [-0.3, -0.25) is 4.90 Å². The van der Waals surface area contributed by atoms with Gasteiger partial charge in [-0.05, 0) is 19.4 Å². The summed E-state index contributed by atoms with van der Waals surface area (Å²) in [6.45, 7) is 10.3. The summed E-state index contributed by atoms with van der Waals surface area (Å²) < 4.78 is 0.457. The van der Waals surface area contributed by atoms with Crippen LogP contribution in [0.15, 0.2) is 0 Å². The van der Waals surface area contributed by atoms with Crippen molar-refractivity contribution in [2.45, 2.75) is 57.2 Å². The van der Waals surface area contributed by atoms with Crippen LogP contribution >= 0.6 is 11.8 Å². The Morgan fingerprint density at radius 1 is 1.38 bits per heavy atom. The molecule has 0 aliphatic carbocycles. The minimum atomic E-state index is 0.457. The van der Waals surface area contributed by atoms with Gasteiger partial charge >= 0.3 is 0 Å². The molecule has 1 aliphatic heterocycles. The minimum Gasteiger partial charge on any atom is -0.329 e. The van der Waals surface area contributed by atoms with E-state index < -0.39 is 0 Å². The van der Waals surface area contributed by atoms with Crippen molar-refractivity contribution in [1.29, 1.82) is 0 Å².